The molecule has 0 aromatic rings. The van der Waals surface area contributed by atoms with Crippen molar-refractivity contribution in [1.29, 1.82) is 0 Å². The Morgan fingerprint density at radius 1 is 1.59 bits per heavy atom. The summed E-state index contributed by atoms with van der Waals surface area (Å²) in [5, 5.41) is 8.97. The Kier molecular flexibility index (Phi) is 5.36. The van der Waals surface area contributed by atoms with Crippen molar-refractivity contribution in [3.05, 3.63) is 0 Å². The number of carboxylic acid groups (broad SMARTS) is 1. The number of aliphatic carboxylic acids is 1. The van der Waals surface area contributed by atoms with E-state index in [1.807, 2.05) is 6.92 Å². The summed E-state index contributed by atoms with van der Waals surface area (Å²) in [5.74, 6) is -0.876. The van der Waals surface area contributed by atoms with Crippen molar-refractivity contribution in [3.8, 4) is 0 Å². The minimum Gasteiger partial charge on any atom is -0.479 e. The highest BCUT2D eigenvalue weighted by atomic mass is 16.5. The van der Waals surface area contributed by atoms with Crippen LogP contribution in [0.25, 0.3) is 0 Å². The van der Waals surface area contributed by atoms with Gasteiger partial charge in [-0.2, -0.15) is 0 Å². The Morgan fingerprint density at radius 2 is 2.29 bits per heavy atom. The first-order valence-corrected chi connectivity index (χ1v) is 6.15. The van der Waals surface area contributed by atoms with Crippen molar-refractivity contribution in [2.45, 2.75) is 38.9 Å². The first kappa shape index (κ1) is 14.4. The first-order chi connectivity index (χ1) is 7.94. The molecule has 0 amide bonds. The third kappa shape index (κ3) is 5.02. The molecule has 5 heteroatoms. The van der Waals surface area contributed by atoms with Crippen molar-refractivity contribution >= 4 is 5.97 Å². The van der Waals surface area contributed by atoms with Gasteiger partial charge in [-0.3, -0.25) is 4.90 Å². The molecule has 0 radical (unpaired) electrons. The van der Waals surface area contributed by atoms with Crippen molar-refractivity contribution in [2.75, 3.05) is 32.8 Å². The van der Waals surface area contributed by atoms with Crippen molar-refractivity contribution in [2.24, 2.45) is 0 Å². The third-order valence-electron chi connectivity index (χ3n) is 2.86. The maximum atomic E-state index is 10.9. The summed E-state index contributed by atoms with van der Waals surface area (Å²) in [7, 11) is 0. The molecule has 1 fully saturated rings. The number of carboxylic acids is 1. The van der Waals surface area contributed by atoms with Gasteiger partial charge >= 0.3 is 5.97 Å². The van der Waals surface area contributed by atoms with Gasteiger partial charge in [0.15, 0.2) is 6.10 Å². The average Bonchev–Trinajstić information content (AvgIpc) is 2.22. The summed E-state index contributed by atoms with van der Waals surface area (Å²) >= 11 is 0. The van der Waals surface area contributed by atoms with Gasteiger partial charge in [0.1, 0.15) is 0 Å². The van der Waals surface area contributed by atoms with Crippen LogP contribution in [0.15, 0.2) is 0 Å². The van der Waals surface area contributed by atoms with E-state index in [9.17, 15) is 4.79 Å². The van der Waals surface area contributed by atoms with E-state index in [1.54, 1.807) is 0 Å². The first-order valence-electron chi connectivity index (χ1n) is 6.15. The second kappa shape index (κ2) is 6.33. The number of hydrogen-bond acceptors (Lipinski definition) is 4. The molecule has 1 unspecified atom stereocenters. The van der Waals surface area contributed by atoms with Gasteiger partial charge in [0, 0.05) is 26.2 Å². The van der Waals surface area contributed by atoms with Gasteiger partial charge in [-0.25, -0.2) is 4.79 Å². The Labute approximate surface area is 103 Å². The Hall–Kier alpha value is -0.650. The van der Waals surface area contributed by atoms with E-state index < -0.39 is 12.1 Å². The lowest BCUT2D eigenvalue weighted by atomic mass is 10.1. The molecule has 1 N–H and O–H groups in total. The van der Waals surface area contributed by atoms with Crippen LogP contribution in [0.2, 0.25) is 0 Å². The molecule has 5 nitrogen and oxygen atoms in total. The van der Waals surface area contributed by atoms with Crippen molar-refractivity contribution in [3.63, 3.8) is 0 Å². The fourth-order valence-electron chi connectivity index (χ4n) is 2.08. The fourth-order valence-corrected chi connectivity index (χ4v) is 2.08. The Morgan fingerprint density at radius 3 is 2.82 bits per heavy atom. The summed E-state index contributed by atoms with van der Waals surface area (Å²) in [6, 6.07) is 0. The third-order valence-corrected chi connectivity index (χ3v) is 2.86. The predicted octanol–water partition coefficient (Wildman–Crippen LogP) is 0.977. The van der Waals surface area contributed by atoms with Crippen LogP contribution in [0.4, 0.5) is 0 Å². The lowest BCUT2D eigenvalue weighted by Gasteiger charge is -2.38. The molecule has 1 rings (SSSR count). The second-order valence-corrected chi connectivity index (χ2v) is 4.96. The van der Waals surface area contributed by atoms with E-state index in [0.29, 0.717) is 19.6 Å². The van der Waals surface area contributed by atoms with Gasteiger partial charge in [0.05, 0.1) is 12.2 Å². The van der Waals surface area contributed by atoms with E-state index in [1.165, 1.54) is 0 Å². The van der Waals surface area contributed by atoms with E-state index in [0.717, 1.165) is 19.6 Å². The lowest BCUT2D eigenvalue weighted by molar-refractivity contribution is -0.151. The molecular formula is C12H23NO4. The molecule has 0 bridgehead atoms. The molecular weight excluding hydrogens is 222 g/mol. The number of carbonyl (C=O) groups is 1. The van der Waals surface area contributed by atoms with E-state index >= 15 is 0 Å². The maximum Gasteiger partial charge on any atom is 0.332 e. The second-order valence-electron chi connectivity index (χ2n) is 4.96. The number of morpholine rings is 1. The minimum atomic E-state index is -0.876. The van der Waals surface area contributed by atoms with Gasteiger partial charge < -0.3 is 14.6 Å². The predicted molar refractivity (Wildman–Crippen MR) is 64.1 cm³/mol. The van der Waals surface area contributed by atoms with Gasteiger partial charge in [-0.1, -0.05) is 0 Å². The molecule has 1 heterocycles. The van der Waals surface area contributed by atoms with Gasteiger partial charge in [-0.05, 0) is 27.2 Å². The highest BCUT2D eigenvalue weighted by Gasteiger charge is 2.28. The van der Waals surface area contributed by atoms with Crippen LogP contribution in [-0.2, 0) is 14.3 Å². The Bertz CT molecular complexity index is 255. The largest absolute Gasteiger partial charge is 0.479 e. The normalized spacial score (nSPS) is 22.3. The van der Waals surface area contributed by atoms with Gasteiger partial charge in [0.2, 0.25) is 0 Å². The molecule has 1 atom stereocenters. The maximum absolute atomic E-state index is 10.9. The smallest absolute Gasteiger partial charge is 0.332 e. The molecule has 17 heavy (non-hydrogen) atoms. The van der Waals surface area contributed by atoms with Crippen molar-refractivity contribution in [1.82, 2.24) is 4.90 Å². The standard InChI is InChI=1S/C12H23NO4/c1-4-16-10(11(14)15)5-6-13-7-8-17-12(2,3)9-13/h10H,4-9H2,1-3H3,(H,14,15). The van der Waals surface area contributed by atoms with E-state index in [-0.39, 0.29) is 5.60 Å². The van der Waals surface area contributed by atoms with Crippen LogP contribution in [0, 0.1) is 0 Å². The zero-order chi connectivity index (χ0) is 12.9. The van der Waals surface area contributed by atoms with Crippen LogP contribution in [-0.4, -0.2) is 60.5 Å². The Balaban J connectivity index is 2.35. The SMILES string of the molecule is CCOC(CCN1CCOC(C)(C)C1)C(=O)O. The summed E-state index contributed by atoms with van der Waals surface area (Å²) in [6.07, 6.45) is -0.162. The topological polar surface area (TPSA) is 59.0 Å². The summed E-state index contributed by atoms with van der Waals surface area (Å²) < 4.78 is 10.8. The number of rotatable bonds is 6. The summed E-state index contributed by atoms with van der Waals surface area (Å²) in [6.45, 7) is 9.50. The zero-order valence-corrected chi connectivity index (χ0v) is 10.9. The van der Waals surface area contributed by atoms with Crippen LogP contribution < -0.4 is 0 Å². The van der Waals surface area contributed by atoms with Crippen LogP contribution in [0.3, 0.4) is 0 Å². The van der Waals surface area contributed by atoms with Crippen LogP contribution in [0.1, 0.15) is 27.2 Å². The molecule has 100 valence electrons. The van der Waals surface area contributed by atoms with Crippen molar-refractivity contribution < 1.29 is 19.4 Å². The fraction of sp³-hybridized carbons (Fsp3) is 0.917. The molecule has 0 aromatic heterocycles. The number of ether oxygens (including phenoxy) is 2. The molecule has 0 aromatic carbocycles. The summed E-state index contributed by atoms with van der Waals surface area (Å²) in [4.78, 5) is 13.2. The highest BCUT2D eigenvalue weighted by Crippen LogP contribution is 2.17. The summed E-state index contributed by atoms with van der Waals surface area (Å²) in [5.41, 5.74) is -0.136. The average molecular weight is 245 g/mol. The highest BCUT2D eigenvalue weighted by molar-refractivity contribution is 5.72. The number of nitrogens with zero attached hydrogens (tertiary/aromatic N) is 1. The lowest BCUT2D eigenvalue weighted by Crippen LogP contribution is -2.49. The molecule has 0 aliphatic carbocycles. The van der Waals surface area contributed by atoms with Gasteiger partial charge in [0.25, 0.3) is 0 Å². The monoisotopic (exact) mass is 245 g/mol. The van der Waals surface area contributed by atoms with Crippen LogP contribution >= 0.6 is 0 Å². The van der Waals surface area contributed by atoms with Gasteiger partial charge in [-0.15, -0.1) is 0 Å². The van der Waals surface area contributed by atoms with E-state index in [4.69, 9.17) is 14.6 Å². The molecule has 0 spiro atoms. The number of hydrogen-bond donors (Lipinski definition) is 1. The molecule has 1 saturated heterocycles. The molecule has 1 aliphatic heterocycles. The quantitative estimate of drug-likeness (QED) is 0.756. The molecule has 0 saturated carbocycles. The minimum absolute atomic E-state index is 0.136. The molecule has 1 aliphatic rings. The van der Waals surface area contributed by atoms with Crippen LogP contribution in [0.5, 0.6) is 0 Å². The van der Waals surface area contributed by atoms with E-state index in [2.05, 4.69) is 18.7 Å². The zero-order valence-electron chi connectivity index (χ0n) is 10.9.